The van der Waals surface area contributed by atoms with Gasteiger partial charge >= 0.3 is 0 Å². The molecule has 0 spiro atoms. The summed E-state index contributed by atoms with van der Waals surface area (Å²) in [6.07, 6.45) is 4.75. The molecule has 0 atom stereocenters. The van der Waals surface area contributed by atoms with E-state index in [4.69, 9.17) is 16.3 Å². The summed E-state index contributed by atoms with van der Waals surface area (Å²) in [4.78, 5) is 14.7. The third-order valence-electron chi connectivity index (χ3n) is 3.72. The summed E-state index contributed by atoms with van der Waals surface area (Å²) in [5.74, 6) is -0.00496. The minimum absolute atomic E-state index is 0.0108. The van der Waals surface area contributed by atoms with E-state index < -0.39 is 11.4 Å². The Bertz CT molecular complexity index is 547. The minimum Gasteiger partial charge on any atom is -0.496 e. The molecule has 1 saturated carbocycles. The number of ether oxygens (including phenoxy) is 1. The molecule has 102 valence electrons. The molecule has 1 aromatic rings. The molecule has 0 N–H and O–H groups in total. The maximum absolute atomic E-state index is 13.9. The lowest BCUT2D eigenvalue weighted by Gasteiger charge is -2.27. The van der Waals surface area contributed by atoms with Crippen molar-refractivity contribution in [2.45, 2.75) is 38.1 Å². The topological polar surface area (TPSA) is 38.7 Å². The van der Waals surface area contributed by atoms with E-state index in [9.17, 15) is 9.18 Å². The van der Waals surface area contributed by atoms with Crippen LogP contribution in [0.5, 0.6) is 5.75 Å². The molecule has 5 heteroatoms. The van der Waals surface area contributed by atoms with Gasteiger partial charge in [0, 0.05) is 5.56 Å². The minimum atomic E-state index is -0.795. The van der Waals surface area contributed by atoms with E-state index in [2.05, 4.69) is 4.99 Å². The lowest BCUT2D eigenvalue weighted by molar-refractivity contribution is 0.374. The van der Waals surface area contributed by atoms with Gasteiger partial charge in [0.05, 0.1) is 12.1 Å². The highest BCUT2D eigenvalue weighted by Crippen LogP contribution is 2.50. The Balaban J connectivity index is 2.75. The number of aryl methyl sites for hydroxylation is 1. The Morgan fingerprint density at radius 3 is 2.63 bits per heavy atom. The van der Waals surface area contributed by atoms with Crippen LogP contribution >= 0.6 is 11.6 Å². The zero-order valence-corrected chi connectivity index (χ0v) is 11.7. The van der Waals surface area contributed by atoms with Gasteiger partial charge in [0.25, 0.3) is 0 Å². The number of hydrogen-bond donors (Lipinski definition) is 0. The number of isocyanates is 1. The largest absolute Gasteiger partial charge is 0.496 e. The van der Waals surface area contributed by atoms with Crippen LogP contribution < -0.4 is 4.74 Å². The van der Waals surface area contributed by atoms with E-state index in [0.29, 0.717) is 29.7 Å². The molecule has 1 aliphatic carbocycles. The lowest BCUT2D eigenvalue weighted by atomic mass is 9.86. The van der Waals surface area contributed by atoms with Crippen LogP contribution in [0.15, 0.2) is 11.1 Å². The number of hydrogen-bond acceptors (Lipinski definition) is 3. The first-order chi connectivity index (χ1) is 9.05. The zero-order chi connectivity index (χ0) is 14.0. The van der Waals surface area contributed by atoms with E-state index in [-0.39, 0.29) is 5.02 Å². The average molecular weight is 284 g/mol. The summed E-state index contributed by atoms with van der Waals surface area (Å²) in [5, 5.41) is -0.0108. The van der Waals surface area contributed by atoms with Crippen LogP contribution in [-0.4, -0.2) is 13.2 Å². The fourth-order valence-corrected chi connectivity index (χ4v) is 3.20. The van der Waals surface area contributed by atoms with Crippen molar-refractivity contribution >= 4 is 17.7 Å². The van der Waals surface area contributed by atoms with Gasteiger partial charge < -0.3 is 4.74 Å². The van der Waals surface area contributed by atoms with Gasteiger partial charge in [-0.05, 0) is 31.4 Å². The summed E-state index contributed by atoms with van der Waals surface area (Å²) in [5.41, 5.74) is 0.332. The highest BCUT2D eigenvalue weighted by molar-refractivity contribution is 6.32. The molecule has 1 fully saturated rings. The van der Waals surface area contributed by atoms with Gasteiger partial charge in [-0.2, -0.15) is 4.99 Å². The van der Waals surface area contributed by atoms with Crippen molar-refractivity contribution in [2.24, 2.45) is 4.99 Å². The summed E-state index contributed by atoms with van der Waals surface area (Å²) in [7, 11) is 1.51. The second-order valence-electron chi connectivity index (χ2n) is 4.84. The molecule has 0 heterocycles. The van der Waals surface area contributed by atoms with E-state index in [1.54, 1.807) is 13.0 Å². The van der Waals surface area contributed by atoms with Crippen LogP contribution in [0, 0.1) is 12.7 Å². The molecule has 0 unspecified atom stereocenters. The standard InChI is InChI=1S/C14H15ClFNO2/c1-9-7-10(16)12(15)11(13(9)19-2)14(17-8-18)5-3-4-6-14/h7H,3-6H2,1-2H3. The second kappa shape index (κ2) is 5.32. The summed E-state index contributed by atoms with van der Waals surface area (Å²) >= 11 is 6.11. The molecule has 1 aromatic carbocycles. The van der Waals surface area contributed by atoms with Crippen molar-refractivity contribution in [1.29, 1.82) is 0 Å². The molecular weight excluding hydrogens is 269 g/mol. The Labute approximate surface area is 116 Å². The van der Waals surface area contributed by atoms with Crippen molar-refractivity contribution in [3.63, 3.8) is 0 Å². The normalized spacial score (nSPS) is 17.1. The molecule has 3 nitrogen and oxygen atoms in total. The molecular formula is C14H15ClFNO2. The van der Waals surface area contributed by atoms with E-state index in [0.717, 1.165) is 12.8 Å². The second-order valence-corrected chi connectivity index (χ2v) is 5.22. The van der Waals surface area contributed by atoms with Crippen LogP contribution in [0.4, 0.5) is 4.39 Å². The van der Waals surface area contributed by atoms with Gasteiger partial charge in [0.1, 0.15) is 17.1 Å². The van der Waals surface area contributed by atoms with Gasteiger partial charge in [-0.15, -0.1) is 0 Å². The molecule has 0 aromatic heterocycles. The summed E-state index contributed by atoms with van der Waals surface area (Å²) in [6.45, 7) is 1.75. The van der Waals surface area contributed by atoms with Gasteiger partial charge in [0.2, 0.25) is 6.08 Å². The number of carbonyl (C=O) groups excluding carboxylic acids is 1. The number of benzene rings is 1. The van der Waals surface area contributed by atoms with Gasteiger partial charge in [-0.3, -0.25) is 0 Å². The predicted octanol–water partition coefficient (Wildman–Crippen LogP) is 3.90. The number of halogens is 2. The molecule has 0 aliphatic heterocycles. The van der Waals surface area contributed by atoms with E-state index in [1.807, 2.05) is 0 Å². The number of methoxy groups -OCH3 is 1. The molecule has 0 bridgehead atoms. The smallest absolute Gasteiger partial charge is 0.235 e. The molecule has 0 saturated heterocycles. The number of aliphatic imine (C=N–C) groups is 1. The molecule has 0 radical (unpaired) electrons. The fraction of sp³-hybridized carbons (Fsp3) is 0.500. The Morgan fingerprint density at radius 2 is 2.11 bits per heavy atom. The van der Waals surface area contributed by atoms with Gasteiger partial charge in [0.15, 0.2) is 0 Å². The highest BCUT2D eigenvalue weighted by Gasteiger charge is 2.41. The third-order valence-corrected chi connectivity index (χ3v) is 4.09. The quantitative estimate of drug-likeness (QED) is 0.623. The SMILES string of the molecule is COc1c(C)cc(F)c(Cl)c1C1(N=C=O)CCCC1. The Hall–Kier alpha value is -1.38. The monoisotopic (exact) mass is 283 g/mol. The summed E-state index contributed by atoms with van der Waals surface area (Å²) in [6, 6.07) is 1.33. The first kappa shape index (κ1) is 14.0. The third kappa shape index (κ3) is 2.26. The van der Waals surface area contributed by atoms with Crippen LogP contribution in [0.3, 0.4) is 0 Å². The van der Waals surface area contributed by atoms with Crippen LogP contribution in [0.2, 0.25) is 5.02 Å². The van der Waals surface area contributed by atoms with Crippen LogP contribution in [-0.2, 0) is 10.3 Å². The number of rotatable bonds is 3. The zero-order valence-electron chi connectivity index (χ0n) is 10.9. The predicted molar refractivity (Wildman–Crippen MR) is 71.0 cm³/mol. The van der Waals surface area contributed by atoms with E-state index in [1.165, 1.54) is 13.2 Å². The van der Waals surface area contributed by atoms with Gasteiger partial charge in [-0.25, -0.2) is 9.18 Å². The van der Waals surface area contributed by atoms with Gasteiger partial charge in [-0.1, -0.05) is 24.4 Å². The highest BCUT2D eigenvalue weighted by atomic mass is 35.5. The Morgan fingerprint density at radius 1 is 1.47 bits per heavy atom. The Kier molecular flexibility index (Phi) is 3.93. The fourth-order valence-electron chi connectivity index (χ4n) is 2.88. The van der Waals surface area contributed by atoms with Crippen LogP contribution in [0.1, 0.15) is 36.8 Å². The lowest BCUT2D eigenvalue weighted by Crippen LogP contribution is -2.21. The van der Waals surface area contributed by atoms with Crippen molar-refractivity contribution in [3.05, 3.63) is 28.0 Å². The maximum atomic E-state index is 13.9. The molecule has 19 heavy (non-hydrogen) atoms. The first-order valence-electron chi connectivity index (χ1n) is 6.18. The maximum Gasteiger partial charge on any atom is 0.235 e. The number of nitrogens with zero attached hydrogens (tertiary/aromatic N) is 1. The molecule has 0 amide bonds. The van der Waals surface area contributed by atoms with Crippen molar-refractivity contribution in [2.75, 3.05) is 7.11 Å². The van der Waals surface area contributed by atoms with E-state index >= 15 is 0 Å². The van der Waals surface area contributed by atoms with Crippen molar-refractivity contribution in [3.8, 4) is 5.75 Å². The summed E-state index contributed by atoms with van der Waals surface area (Å²) < 4.78 is 19.2. The van der Waals surface area contributed by atoms with Crippen molar-refractivity contribution < 1.29 is 13.9 Å². The van der Waals surface area contributed by atoms with Crippen molar-refractivity contribution in [1.82, 2.24) is 0 Å². The first-order valence-corrected chi connectivity index (χ1v) is 6.55. The van der Waals surface area contributed by atoms with Crippen LogP contribution in [0.25, 0.3) is 0 Å². The molecule has 2 rings (SSSR count). The average Bonchev–Trinajstić information content (AvgIpc) is 2.83. The molecule has 1 aliphatic rings.